The summed E-state index contributed by atoms with van der Waals surface area (Å²) in [5.74, 6) is 0. The number of piperazine rings is 1. The van der Waals surface area contributed by atoms with E-state index in [9.17, 15) is 13.2 Å². The Balaban J connectivity index is 1.81. The number of hydrogen-bond acceptors (Lipinski definition) is 5. The second-order valence-corrected chi connectivity index (χ2v) is 9.64. The largest absolute Gasteiger partial charge is 0.444 e. The number of nitrogens with zero attached hydrogens (tertiary/aromatic N) is 4. The van der Waals surface area contributed by atoms with Crippen LogP contribution in [0.15, 0.2) is 18.5 Å². The molecule has 1 amide bonds. The maximum Gasteiger partial charge on any atom is 0.410 e. The molecule has 1 aliphatic rings. The van der Waals surface area contributed by atoms with Crippen molar-refractivity contribution in [2.45, 2.75) is 33.3 Å². The first kappa shape index (κ1) is 19.9. The molecule has 0 radical (unpaired) electrons. The first-order valence-corrected chi connectivity index (χ1v) is 10.4. The number of carbonyl (C=O) groups excluding carboxylic acids is 1. The molecule has 2 aromatic rings. The zero-order valence-electron chi connectivity index (χ0n) is 15.8. The SMILES string of the molecule is Cc1cnc(Cl)c2ccn(S(=O)(=O)N3CCN(C(=O)OC(C)(C)C)CC3)c12. The van der Waals surface area contributed by atoms with E-state index in [-0.39, 0.29) is 31.3 Å². The van der Waals surface area contributed by atoms with Crippen molar-refractivity contribution in [1.82, 2.24) is 18.2 Å². The average molecular weight is 415 g/mol. The van der Waals surface area contributed by atoms with Crippen LogP contribution < -0.4 is 0 Å². The second-order valence-electron chi connectivity index (χ2n) is 7.48. The van der Waals surface area contributed by atoms with Crippen molar-refractivity contribution in [2.75, 3.05) is 26.2 Å². The van der Waals surface area contributed by atoms with Gasteiger partial charge in [0.25, 0.3) is 0 Å². The zero-order chi connectivity index (χ0) is 20.0. The summed E-state index contributed by atoms with van der Waals surface area (Å²) in [6, 6.07) is 1.65. The highest BCUT2D eigenvalue weighted by molar-refractivity contribution is 7.87. The van der Waals surface area contributed by atoms with Gasteiger partial charge < -0.3 is 9.64 Å². The molecule has 0 spiro atoms. The molecule has 3 heterocycles. The third-order valence-corrected chi connectivity index (χ3v) is 6.40. The van der Waals surface area contributed by atoms with Crippen molar-refractivity contribution >= 4 is 38.8 Å². The van der Waals surface area contributed by atoms with Gasteiger partial charge >= 0.3 is 16.3 Å². The molecule has 27 heavy (non-hydrogen) atoms. The van der Waals surface area contributed by atoms with Crippen LogP contribution in [0.4, 0.5) is 4.79 Å². The molecule has 0 aliphatic carbocycles. The quantitative estimate of drug-likeness (QED) is 0.705. The molecule has 0 N–H and O–H groups in total. The third-order valence-electron chi connectivity index (χ3n) is 4.28. The summed E-state index contributed by atoms with van der Waals surface area (Å²) < 4.78 is 34.2. The van der Waals surface area contributed by atoms with Gasteiger partial charge in [-0.2, -0.15) is 12.7 Å². The van der Waals surface area contributed by atoms with E-state index in [1.165, 1.54) is 19.4 Å². The van der Waals surface area contributed by atoms with E-state index >= 15 is 0 Å². The summed E-state index contributed by atoms with van der Waals surface area (Å²) in [4.78, 5) is 17.7. The van der Waals surface area contributed by atoms with Crippen LogP contribution in [0, 0.1) is 6.92 Å². The number of halogens is 1. The van der Waals surface area contributed by atoms with E-state index in [1.54, 1.807) is 40.0 Å². The lowest BCUT2D eigenvalue weighted by molar-refractivity contribution is 0.0192. The Morgan fingerprint density at radius 2 is 1.85 bits per heavy atom. The van der Waals surface area contributed by atoms with Crippen LogP contribution in [0.5, 0.6) is 0 Å². The van der Waals surface area contributed by atoms with Gasteiger partial charge in [0.1, 0.15) is 10.8 Å². The number of amides is 1. The molecular weight excluding hydrogens is 392 g/mol. The highest BCUT2D eigenvalue weighted by Crippen LogP contribution is 2.27. The number of rotatable bonds is 2. The fourth-order valence-electron chi connectivity index (χ4n) is 3.00. The smallest absolute Gasteiger partial charge is 0.410 e. The minimum Gasteiger partial charge on any atom is -0.444 e. The van der Waals surface area contributed by atoms with E-state index in [0.29, 0.717) is 10.9 Å². The first-order valence-electron chi connectivity index (χ1n) is 8.61. The Morgan fingerprint density at radius 3 is 2.44 bits per heavy atom. The summed E-state index contributed by atoms with van der Waals surface area (Å²) in [5.41, 5.74) is 0.648. The fraction of sp³-hybridized carbons (Fsp3) is 0.529. The molecule has 1 aliphatic heterocycles. The van der Waals surface area contributed by atoms with Gasteiger partial charge in [-0.3, -0.25) is 0 Å². The van der Waals surface area contributed by atoms with Gasteiger partial charge in [0.15, 0.2) is 0 Å². The molecule has 10 heteroatoms. The van der Waals surface area contributed by atoms with Gasteiger partial charge in [-0.05, 0) is 39.3 Å². The van der Waals surface area contributed by atoms with Crippen molar-refractivity contribution in [2.24, 2.45) is 0 Å². The lowest BCUT2D eigenvalue weighted by atomic mass is 10.2. The number of carbonyl (C=O) groups is 1. The van der Waals surface area contributed by atoms with Gasteiger partial charge in [0.2, 0.25) is 0 Å². The molecule has 8 nitrogen and oxygen atoms in total. The monoisotopic (exact) mass is 414 g/mol. The van der Waals surface area contributed by atoms with Gasteiger partial charge in [0.05, 0.1) is 5.52 Å². The van der Waals surface area contributed by atoms with Crippen LogP contribution >= 0.6 is 11.6 Å². The normalized spacial score (nSPS) is 16.7. The molecule has 148 valence electrons. The molecule has 0 bridgehead atoms. The topological polar surface area (TPSA) is 84.7 Å². The average Bonchev–Trinajstić information content (AvgIpc) is 3.04. The summed E-state index contributed by atoms with van der Waals surface area (Å²) in [7, 11) is -3.78. The van der Waals surface area contributed by atoms with Gasteiger partial charge in [-0.25, -0.2) is 13.8 Å². The van der Waals surface area contributed by atoms with Crippen LogP contribution in [0.3, 0.4) is 0 Å². The highest BCUT2D eigenvalue weighted by atomic mass is 35.5. The fourth-order valence-corrected chi connectivity index (χ4v) is 4.76. The standard InChI is InChI=1S/C17H23ClN4O4S/c1-12-11-19-15(18)13-5-6-22(14(12)13)27(24,25)21-9-7-20(8-10-21)16(23)26-17(2,3)4/h5-6,11H,7-10H2,1-4H3. The number of ether oxygens (including phenoxy) is 1. The highest BCUT2D eigenvalue weighted by Gasteiger charge is 2.32. The third kappa shape index (κ3) is 3.90. The maximum atomic E-state index is 13.1. The van der Waals surface area contributed by atoms with Crippen LogP contribution in [0.25, 0.3) is 10.9 Å². The number of pyridine rings is 1. The van der Waals surface area contributed by atoms with Gasteiger partial charge in [-0.15, -0.1) is 0 Å². The summed E-state index contributed by atoms with van der Waals surface area (Å²) >= 11 is 6.09. The van der Waals surface area contributed by atoms with Crippen molar-refractivity contribution < 1.29 is 17.9 Å². The maximum absolute atomic E-state index is 13.1. The molecule has 0 saturated carbocycles. The predicted octanol–water partition coefficient (Wildman–Crippen LogP) is 2.64. The Bertz CT molecular complexity index is 973. The van der Waals surface area contributed by atoms with E-state index in [0.717, 1.165) is 5.56 Å². The minimum absolute atomic E-state index is 0.194. The minimum atomic E-state index is -3.78. The zero-order valence-corrected chi connectivity index (χ0v) is 17.3. The summed E-state index contributed by atoms with van der Waals surface area (Å²) in [5, 5.41) is 0.854. The van der Waals surface area contributed by atoms with Crippen molar-refractivity contribution in [3.8, 4) is 0 Å². The predicted molar refractivity (Wildman–Crippen MR) is 103 cm³/mol. The molecular formula is C17H23ClN4O4S. The molecule has 2 aromatic heterocycles. The van der Waals surface area contributed by atoms with Crippen molar-refractivity contribution in [1.29, 1.82) is 0 Å². The number of fused-ring (bicyclic) bond motifs is 1. The lowest BCUT2D eigenvalue weighted by Gasteiger charge is -2.35. The molecule has 3 rings (SSSR count). The number of hydrogen-bond donors (Lipinski definition) is 0. The van der Waals surface area contributed by atoms with Crippen LogP contribution in [-0.2, 0) is 14.9 Å². The van der Waals surface area contributed by atoms with Crippen LogP contribution in [-0.4, -0.2) is 64.5 Å². The van der Waals surface area contributed by atoms with E-state index in [4.69, 9.17) is 16.3 Å². The number of aryl methyl sites for hydroxylation is 1. The molecule has 1 saturated heterocycles. The first-order chi connectivity index (χ1) is 12.5. The van der Waals surface area contributed by atoms with Crippen LogP contribution in [0.2, 0.25) is 5.15 Å². The number of aromatic nitrogens is 2. The van der Waals surface area contributed by atoms with Crippen molar-refractivity contribution in [3.05, 3.63) is 29.2 Å². The summed E-state index contributed by atoms with van der Waals surface area (Å²) in [6.45, 7) is 8.11. The summed E-state index contributed by atoms with van der Waals surface area (Å²) in [6.07, 6.45) is 2.61. The Kier molecular flexibility index (Phi) is 5.13. The lowest BCUT2D eigenvalue weighted by Crippen LogP contribution is -2.52. The Hall–Kier alpha value is -1.84. The van der Waals surface area contributed by atoms with Crippen molar-refractivity contribution in [3.63, 3.8) is 0 Å². The van der Waals surface area contributed by atoms with Crippen LogP contribution in [0.1, 0.15) is 26.3 Å². The second kappa shape index (κ2) is 6.96. The molecule has 0 atom stereocenters. The van der Waals surface area contributed by atoms with E-state index in [2.05, 4.69) is 4.98 Å². The van der Waals surface area contributed by atoms with E-state index < -0.39 is 21.9 Å². The Labute approximate surface area is 163 Å². The molecule has 0 aromatic carbocycles. The molecule has 1 fully saturated rings. The van der Waals surface area contributed by atoms with Gasteiger partial charge in [-0.1, -0.05) is 11.6 Å². The van der Waals surface area contributed by atoms with E-state index in [1.807, 2.05) is 0 Å². The molecule has 0 unspecified atom stereocenters. The van der Waals surface area contributed by atoms with Gasteiger partial charge in [0, 0.05) is 44.0 Å². The Morgan fingerprint density at radius 1 is 1.22 bits per heavy atom.